The van der Waals surface area contributed by atoms with E-state index < -0.39 is 11.7 Å². The van der Waals surface area contributed by atoms with Gasteiger partial charge in [-0.3, -0.25) is 9.48 Å². The van der Waals surface area contributed by atoms with E-state index in [0.29, 0.717) is 11.5 Å². The first-order valence-electron chi connectivity index (χ1n) is 5.45. The number of nitrogen functional groups attached to an aromatic ring is 1. The van der Waals surface area contributed by atoms with Gasteiger partial charge in [0, 0.05) is 12.6 Å². The fourth-order valence-electron chi connectivity index (χ4n) is 1.59. The maximum Gasteiger partial charge on any atom is 0.256 e. The van der Waals surface area contributed by atoms with Gasteiger partial charge in [0.15, 0.2) is 17.4 Å². The van der Waals surface area contributed by atoms with Crippen molar-refractivity contribution in [2.24, 2.45) is 7.05 Å². The van der Waals surface area contributed by atoms with E-state index in [1.165, 1.54) is 30.1 Å². The molecule has 19 heavy (non-hydrogen) atoms. The maximum absolute atomic E-state index is 13.5. The number of methoxy groups -OCH3 is 1. The predicted octanol–water partition coefficient (Wildman–Crippen LogP) is 1.40. The average molecular weight is 264 g/mol. The van der Waals surface area contributed by atoms with Gasteiger partial charge >= 0.3 is 0 Å². The highest BCUT2D eigenvalue weighted by Gasteiger charge is 2.13. The fraction of sp³-hybridized carbons (Fsp3) is 0.167. The molecule has 0 unspecified atom stereocenters. The van der Waals surface area contributed by atoms with Gasteiger partial charge in [-0.1, -0.05) is 0 Å². The number of aromatic nitrogens is 2. The van der Waals surface area contributed by atoms with E-state index in [4.69, 9.17) is 10.5 Å². The lowest BCUT2D eigenvalue weighted by atomic mass is 10.2. The Morgan fingerprint density at radius 3 is 2.79 bits per heavy atom. The molecule has 0 aliphatic heterocycles. The third-order valence-electron chi connectivity index (χ3n) is 2.61. The smallest absolute Gasteiger partial charge is 0.256 e. The van der Waals surface area contributed by atoms with Crippen molar-refractivity contribution in [2.45, 2.75) is 0 Å². The molecule has 0 atom stereocenters. The van der Waals surface area contributed by atoms with Crippen molar-refractivity contribution in [2.75, 3.05) is 18.2 Å². The number of carbonyl (C=O) groups is 1. The number of nitrogens with zero attached hydrogens (tertiary/aromatic N) is 2. The van der Waals surface area contributed by atoms with Gasteiger partial charge in [-0.15, -0.1) is 0 Å². The van der Waals surface area contributed by atoms with E-state index in [1.807, 2.05) is 0 Å². The van der Waals surface area contributed by atoms with E-state index in [0.717, 1.165) is 6.07 Å². The number of amides is 1. The van der Waals surface area contributed by atoms with E-state index >= 15 is 0 Å². The van der Waals surface area contributed by atoms with Gasteiger partial charge in [-0.2, -0.15) is 5.10 Å². The lowest BCUT2D eigenvalue weighted by Crippen LogP contribution is -2.15. The van der Waals surface area contributed by atoms with Crippen molar-refractivity contribution in [1.29, 1.82) is 0 Å². The van der Waals surface area contributed by atoms with Gasteiger partial charge in [0.05, 0.1) is 19.0 Å². The van der Waals surface area contributed by atoms with Crippen LogP contribution < -0.4 is 15.8 Å². The first-order chi connectivity index (χ1) is 9.02. The van der Waals surface area contributed by atoms with Gasteiger partial charge in [0.1, 0.15) is 0 Å². The first kappa shape index (κ1) is 12.9. The zero-order valence-corrected chi connectivity index (χ0v) is 10.5. The van der Waals surface area contributed by atoms with Gasteiger partial charge in [0.25, 0.3) is 5.91 Å². The number of nitrogens with one attached hydrogen (secondary N) is 1. The highest BCUT2D eigenvalue weighted by atomic mass is 19.1. The Balaban J connectivity index is 2.23. The highest BCUT2D eigenvalue weighted by Crippen LogP contribution is 2.20. The molecule has 0 saturated heterocycles. The van der Waals surface area contributed by atoms with Crippen LogP contribution in [0.15, 0.2) is 24.4 Å². The summed E-state index contributed by atoms with van der Waals surface area (Å²) in [7, 11) is 3.00. The number of nitrogens with two attached hydrogens (primary N) is 1. The van der Waals surface area contributed by atoms with Crippen LogP contribution in [-0.2, 0) is 7.05 Å². The summed E-state index contributed by atoms with van der Waals surface area (Å²) in [6, 6.07) is 3.95. The summed E-state index contributed by atoms with van der Waals surface area (Å²) in [6.07, 6.45) is 1.42. The summed E-state index contributed by atoms with van der Waals surface area (Å²) in [6.45, 7) is 0. The molecule has 0 fully saturated rings. The average Bonchev–Trinajstić information content (AvgIpc) is 2.70. The van der Waals surface area contributed by atoms with Gasteiger partial charge < -0.3 is 15.8 Å². The minimum absolute atomic E-state index is 0.0802. The second-order valence-electron chi connectivity index (χ2n) is 3.88. The SMILES string of the molecule is COc1ccc(C(=O)Nc2c(N)cnn2C)cc1F. The Morgan fingerprint density at radius 2 is 2.26 bits per heavy atom. The van der Waals surface area contributed by atoms with Crippen molar-refractivity contribution in [3.05, 3.63) is 35.8 Å². The molecule has 100 valence electrons. The van der Waals surface area contributed by atoms with E-state index in [-0.39, 0.29) is 11.3 Å². The third-order valence-corrected chi connectivity index (χ3v) is 2.61. The number of ether oxygens (including phenoxy) is 1. The Hall–Kier alpha value is -2.57. The topological polar surface area (TPSA) is 82.2 Å². The number of hydrogen-bond donors (Lipinski definition) is 2. The zero-order valence-electron chi connectivity index (χ0n) is 10.5. The molecule has 1 aromatic heterocycles. The maximum atomic E-state index is 13.5. The molecular formula is C12H13FN4O2. The largest absolute Gasteiger partial charge is 0.494 e. The molecular weight excluding hydrogens is 251 g/mol. The molecule has 1 amide bonds. The summed E-state index contributed by atoms with van der Waals surface area (Å²) in [5.74, 6) is -0.636. The van der Waals surface area contributed by atoms with Crippen LogP contribution in [0.4, 0.5) is 15.9 Å². The van der Waals surface area contributed by atoms with Crippen molar-refractivity contribution in [1.82, 2.24) is 9.78 Å². The molecule has 0 aliphatic rings. The number of carbonyl (C=O) groups excluding carboxylic acids is 1. The van der Waals surface area contributed by atoms with Crippen LogP contribution >= 0.6 is 0 Å². The summed E-state index contributed by atoms with van der Waals surface area (Å²) in [5, 5.41) is 6.46. The van der Waals surface area contributed by atoms with Crippen molar-refractivity contribution in [3.8, 4) is 5.75 Å². The quantitative estimate of drug-likeness (QED) is 0.878. The normalized spacial score (nSPS) is 10.3. The number of hydrogen-bond acceptors (Lipinski definition) is 4. The molecule has 0 saturated carbocycles. The minimum Gasteiger partial charge on any atom is -0.494 e. The fourth-order valence-corrected chi connectivity index (χ4v) is 1.59. The number of aryl methyl sites for hydroxylation is 1. The van der Waals surface area contributed by atoms with E-state index in [2.05, 4.69) is 10.4 Å². The van der Waals surface area contributed by atoms with Gasteiger partial charge in [-0.05, 0) is 18.2 Å². The molecule has 0 spiro atoms. The highest BCUT2D eigenvalue weighted by molar-refractivity contribution is 6.05. The Labute approximate surface area is 109 Å². The lowest BCUT2D eigenvalue weighted by Gasteiger charge is -2.08. The minimum atomic E-state index is -0.604. The molecule has 1 aromatic carbocycles. The number of anilines is 2. The van der Waals surface area contributed by atoms with E-state index in [1.54, 1.807) is 7.05 Å². The lowest BCUT2D eigenvalue weighted by molar-refractivity contribution is 0.102. The van der Waals surface area contributed by atoms with Gasteiger partial charge in [0.2, 0.25) is 0 Å². The van der Waals surface area contributed by atoms with Crippen LogP contribution in [-0.4, -0.2) is 22.8 Å². The summed E-state index contributed by atoms with van der Waals surface area (Å²) >= 11 is 0. The standard InChI is InChI=1S/C12H13FN4O2/c1-17-11(9(14)6-15-17)16-12(18)7-3-4-10(19-2)8(13)5-7/h3-6H,14H2,1-2H3,(H,16,18). The van der Waals surface area contributed by atoms with Crippen LogP contribution in [0.1, 0.15) is 10.4 Å². The summed E-state index contributed by atoms with van der Waals surface area (Å²) < 4.78 is 19.7. The van der Waals surface area contributed by atoms with Crippen LogP contribution in [0.2, 0.25) is 0 Å². The molecule has 0 radical (unpaired) electrons. The Kier molecular flexibility index (Phi) is 3.37. The third kappa shape index (κ3) is 2.49. The van der Waals surface area contributed by atoms with Crippen molar-refractivity contribution < 1.29 is 13.9 Å². The van der Waals surface area contributed by atoms with Crippen LogP contribution in [0.5, 0.6) is 5.75 Å². The Morgan fingerprint density at radius 1 is 1.53 bits per heavy atom. The van der Waals surface area contributed by atoms with E-state index in [9.17, 15) is 9.18 Å². The Bertz CT molecular complexity index is 605. The molecule has 2 rings (SSSR count). The molecule has 0 bridgehead atoms. The van der Waals surface area contributed by atoms with Crippen LogP contribution in [0.25, 0.3) is 0 Å². The number of benzene rings is 1. The molecule has 7 heteroatoms. The zero-order chi connectivity index (χ0) is 14.0. The summed E-state index contributed by atoms with van der Waals surface area (Å²) in [5.41, 5.74) is 6.15. The van der Waals surface area contributed by atoms with Crippen LogP contribution in [0.3, 0.4) is 0 Å². The van der Waals surface area contributed by atoms with Crippen molar-refractivity contribution in [3.63, 3.8) is 0 Å². The molecule has 3 N–H and O–H groups in total. The molecule has 2 aromatic rings. The summed E-state index contributed by atoms with van der Waals surface area (Å²) in [4.78, 5) is 12.0. The second kappa shape index (κ2) is 4.97. The second-order valence-corrected chi connectivity index (χ2v) is 3.88. The molecule has 1 heterocycles. The predicted molar refractivity (Wildman–Crippen MR) is 68.5 cm³/mol. The van der Waals surface area contributed by atoms with Gasteiger partial charge in [-0.25, -0.2) is 4.39 Å². The first-order valence-corrected chi connectivity index (χ1v) is 5.45. The van der Waals surface area contributed by atoms with Crippen molar-refractivity contribution >= 4 is 17.4 Å². The number of halogens is 1. The molecule has 0 aliphatic carbocycles. The van der Waals surface area contributed by atoms with Crippen LogP contribution in [0, 0.1) is 5.82 Å². The monoisotopic (exact) mass is 264 g/mol. The number of rotatable bonds is 3. The molecule has 6 nitrogen and oxygen atoms in total.